The molecule has 2 rings (SSSR count). The van der Waals surface area contributed by atoms with Gasteiger partial charge in [-0.05, 0) is 25.5 Å². The van der Waals surface area contributed by atoms with Crippen LogP contribution in [0, 0.1) is 0 Å². The van der Waals surface area contributed by atoms with Crippen LogP contribution in [0.15, 0.2) is 34.9 Å². The SMILES string of the molecule is CCCC(C)(NC(=O)CCc1ncc(-c2ccccc2Cl)o1)C(=O)OC. The van der Waals surface area contributed by atoms with E-state index in [2.05, 4.69) is 10.3 Å². The predicted molar refractivity (Wildman–Crippen MR) is 98.7 cm³/mol. The molecule has 0 radical (unpaired) electrons. The lowest BCUT2D eigenvalue weighted by atomic mass is 9.96. The molecule has 0 fully saturated rings. The molecule has 0 spiro atoms. The fourth-order valence-electron chi connectivity index (χ4n) is 2.74. The van der Waals surface area contributed by atoms with Gasteiger partial charge in [-0.25, -0.2) is 9.78 Å². The Morgan fingerprint density at radius 3 is 2.73 bits per heavy atom. The molecule has 26 heavy (non-hydrogen) atoms. The minimum absolute atomic E-state index is 0.152. The Morgan fingerprint density at radius 1 is 1.35 bits per heavy atom. The van der Waals surface area contributed by atoms with Crippen LogP contribution in [0.5, 0.6) is 0 Å². The molecule has 1 aromatic carbocycles. The van der Waals surface area contributed by atoms with Crippen LogP contribution < -0.4 is 5.32 Å². The topological polar surface area (TPSA) is 81.4 Å². The Kier molecular flexibility index (Phi) is 6.80. The molecule has 0 saturated carbocycles. The quantitative estimate of drug-likeness (QED) is 0.707. The first-order chi connectivity index (χ1) is 12.4. The Morgan fingerprint density at radius 2 is 2.08 bits per heavy atom. The molecular formula is C19H23ClN2O4. The molecule has 0 saturated heterocycles. The first-order valence-electron chi connectivity index (χ1n) is 8.48. The first-order valence-corrected chi connectivity index (χ1v) is 8.86. The molecule has 0 aliphatic rings. The van der Waals surface area contributed by atoms with Gasteiger partial charge in [0.1, 0.15) is 5.54 Å². The van der Waals surface area contributed by atoms with Crippen molar-refractivity contribution in [1.82, 2.24) is 10.3 Å². The standard InChI is InChI=1S/C19H23ClN2O4/c1-4-11-19(2,18(24)25-3)22-16(23)9-10-17-21-12-15(26-17)13-7-5-6-8-14(13)20/h5-8,12H,4,9-11H2,1-3H3,(H,22,23). The van der Waals surface area contributed by atoms with Gasteiger partial charge in [0.05, 0.1) is 18.3 Å². The van der Waals surface area contributed by atoms with Crippen LogP contribution in [-0.2, 0) is 20.7 Å². The molecule has 1 unspecified atom stereocenters. The second-order valence-corrected chi connectivity index (χ2v) is 6.63. The van der Waals surface area contributed by atoms with Crippen molar-refractivity contribution in [3.63, 3.8) is 0 Å². The molecule has 1 heterocycles. The number of ether oxygens (including phenoxy) is 1. The molecular weight excluding hydrogens is 356 g/mol. The maximum absolute atomic E-state index is 12.2. The minimum Gasteiger partial charge on any atom is -0.467 e. The van der Waals surface area contributed by atoms with Gasteiger partial charge in [0.25, 0.3) is 0 Å². The van der Waals surface area contributed by atoms with Crippen LogP contribution >= 0.6 is 11.6 Å². The molecule has 1 amide bonds. The summed E-state index contributed by atoms with van der Waals surface area (Å²) in [6, 6.07) is 7.31. The van der Waals surface area contributed by atoms with E-state index >= 15 is 0 Å². The average molecular weight is 379 g/mol. The number of carbonyl (C=O) groups is 2. The zero-order valence-corrected chi connectivity index (χ0v) is 15.9. The van der Waals surface area contributed by atoms with E-state index in [1.54, 1.807) is 19.2 Å². The lowest BCUT2D eigenvalue weighted by Crippen LogP contribution is -2.52. The third-order valence-electron chi connectivity index (χ3n) is 4.06. The minimum atomic E-state index is -1.03. The third kappa shape index (κ3) is 4.85. The molecule has 0 bridgehead atoms. The van der Waals surface area contributed by atoms with Crippen LogP contribution in [0.25, 0.3) is 11.3 Å². The number of carbonyl (C=O) groups excluding carboxylic acids is 2. The van der Waals surface area contributed by atoms with E-state index in [1.165, 1.54) is 7.11 Å². The Hall–Kier alpha value is -2.34. The van der Waals surface area contributed by atoms with E-state index in [1.807, 2.05) is 25.1 Å². The lowest BCUT2D eigenvalue weighted by molar-refractivity contribution is -0.150. The monoisotopic (exact) mass is 378 g/mol. The average Bonchev–Trinajstić information content (AvgIpc) is 3.08. The number of nitrogens with zero attached hydrogens (tertiary/aromatic N) is 1. The number of halogens is 1. The van der Waals surface area contributed by atoms with E-state index in [4.69, 9.17) is 20.8 Å². The van der Waals surface area contributed by atoms with Crippen LogP contribution in [-0.4, -0.2) is 29.5 Å². The molecule has 1 atom stereocenters. The summed E-state index contributed by atoms with van der Waals surface area (Å²) in [4.78, 5) is 28.4. The molecule has 1 aromatic heterocycles. The zero-order chi connectivity index (χ0) is 19.2. The maximum Gasteiger partial charge on any atom is 0.331 e. The van der Waals surface area contributed by atoms with Crippen LogP contribution in [0.1, 0.15) is 39.0 Å². The van der Waals surface area contributed by atoms with Gasteiger partial charge in [-0.15, -0.1) is 0 Å². The smallest absolute Gasteiger partial charge is 0.331 e. The number of aryl methyl sites for hydroxylation is 1. The van der Waals surface area contributed by atoms with E-state index in [9.17, 15) is 9.59 Å². The third-order valence-corrected chi connectivity index (χ3v) is 4.39. The zero-order valence-electron chi connectivity index (χ0n) is 15.2. The van der Waals surface area contributed by atoms with Gasteiger partial charge < -0.3 is 14.5 Å². The number of esters is 1. The number of hydrogen-bond acceptors (Lipinski definition) is 5. The van der Waals surface area contributed by atoms with Crippen LogP contribution in [0.2, 0.25) is 5.02 Å². The normalized spacial score (nSPS) is 13.1. The van der Waals surface area contributed by atoms with Crippen molar-refractivity contribution < 1.29 is 18.7 Å². The number of methoxy groups -OCH3 is 1. The van der Waals surface area contributed by atoms with E-state index < -0.39 is 11.5 Å². The summed E-state index contributed by atoms with van der Waals surface area (Å²) in [5.74, 6) is 0.274. The van der Waals surface area contributed by atoms with Crippen molar-refractivity contribution in [3.05, 3.63) is 41.4 Å². The molecule has 140 valence electrons. The summed E-state index contributed by atoms with van der Waals surface area (Å²) < 4.78 is 10.5. The number of amides is 1. The van der Waals surface area contributed by atoms with E-state index in [-0.39, 0.29) is 12.3 Å². The number of benzene rings is 1. The maximum atomic E-state index is 12.2. The van der Waals surface area contributed by atoms with Crippen molar-refractivity contribution in [1.29, 1.82) is 0 Å². The Bertz CT molecular complexity index is 774. The van der Waals surface area contributed by atoms with E-state index in [0.717, 1.165) is 12.0 Å². The van der Waals surface area contributed by atoms with Crippen molar-refractivity contribution in [2.75, 3.05) is 7.11 Å². The largest absolute Gasteiger partial charge is 0.467 e. The summed E-state index contributed by atoms with van der Waals surface area (Å²) in [5.41, 5.74) is -0.279. The van der Waals surface area contributed by atoms with Crippen molar-refractivity contribution >= 4 is 23.5 Å². The molecule has 0 aliphatic heterocycles. The highest BCUT2D eigenvalue weighted by Crippen LogP contribution is 2.28. The number of oxazole rings is 1. The second kappa shape index (κ2) is 8.85. The number of hydrogen-bond donors (Lipinski definition) is 1. The molecule has 2 aromatic rings. The summed E-state index contributed by atoms with van der Waals surface area (Å²) >= 11 is 6.15. The van der Waals surface area contributed by atoms with Crippen molar-refractivity contribution in [3.8, 4) is 11.3 Å². The number of aromatic nitrogens is 1. The number of rotatable bonds is 8. The van der Waals surface area contributed by atoms with Gasteiger partial charge in [-0.2, -0.15) is 0 Å². The molecule has 6 nitrogen and oxygen atoms in total. The highest BCUT2D eigenvalue weighted by atomic mass is 35.5. The second-order valence-electron chi connectivity index (χ2n) is 6.22. The Balaban J connectivity index is 1.97. The van der Waals surface area contributed by atoms with Gasteiger partial charge in [0.15, 0.2) is 11.7 Å². The summed E-state index contributed by atoms with van der Waals surface area (Å²) in [6.45, 7) is 3.61. The van der Waals surface area contributed by atoms with Crippen molar-refractivity contribution in [2.24, 2.45) is 0 Å². The fourth-order valence-corrected chi connectivity index (χ4v) is 2.97. The fraction of sp³-hybridized carbons (Fsp3) is 0.421. The van der Waals surface area contributed by atoms with Gasteiger partial charge in [0, 0.05) is 18.4 Å². The summed E-state index contributed by atoms with van der Waals surface area (Å²) in [6.07, 6.45) is 3.30. The number of nitrogens with one attached hydrogen (secondary N) is 1. The van der Waals surface area contributed by atoms with Crippen LogP contribution in [0.4, 0.5) is 0 Å². The highest BCUT2D eigenvalue weighted by Gasteiger charge is 2.34. The molecule has 1 N–H and O–H groups in total. The molecule has 0 aliphatic carbocycles. The van der Waals surface area contributed by atoms with Crippen molar-refractivity contribution in [2.45, 2.75) is 45.1 Å². The predicted octanol–water partition coefficient (Wildman–Crippen LogP) is 3.78. The Labute approximate surface area is 157 Å². The summed E-state index contributed by atoms with van der Waals surface area (Å²) in [5, 5.41) is 3.33. The molecule has 7 heteroatoms. The van der Waals surface area contributed by atoms with Gasteiger partial charge in [-0.1, -0.05) is 37.1 Å². The highest BCUT2D eigenvalue weighted by molar-refractivity contribution is 6.33. The van der Waals surface area contributed by atoms with Gasteiger partial charge in [-0.3, -0.25) is 4.79 Å². The van der Waals surface area contributed by atoms with Crippen LogP contribution in [0.3, 0.4) is 0 Å². The lowest BCUT2D eigenvalue weighted by Gasteiger charge is -2.27. The first kappa shape index (κ1) is 20.0. The van der Waals surface area contributed by atoms with E-state index in [0.29, 0.717) is 29.5 Å². The summed E-state index contributed by atoms with van der Waals surface area (Å²) in [7, 11) is 1.31. The van der Waals surface area contributed by atoms with Gasteiger partial charge >= 0.3 is 5.97 Å². The van der Waals surface area contributed by atoms with Gasteiger partial charge in [0.2, 0.25) is 5.91 Å².